The molecule has 0 saturated carbocycles. The standard InChI is InChI=1S/C12H12ClN5O3/c1-18(5-10-14-6-15-17-10)12(21)16-9-4-7(11(19)20)2-3-8(9)13/h2-4,6H,5H2,1H3,(H,16,21)(H,19,20)(H,14,15,17). The first kappa shape index (κ1) is 14.8. The zero-order valence-electron chi connectivity index (χ0n) is 11.0. The van der Waals surface area contributed by atoms with Crippen LogP contribution in [0.15, 0.2) is 24.5 Å². The van der Waals surface area contributed by atoms with Gasteiger partial charge in [-0.1, -0.05) is 11.6 Å². The highest BCUT2D eigenvalue weighted by Crippen LogP contribution is 2.23. The van der Waals surface area contributed by atoms with Gasteiger partial charge in [-0.25, -0.2) is 14.6 Å². The van der Waals surface area contributed by atoms with Crippen molar-refractivity contribution in [2.45, 2.75) is 6.54 Å². The van der Waals surface area contributed by atoms with E-state index in [9.17, 15) is 9.59 Å². The summed E-state index contributed by atoms with van der Waals surface area (Å²) >= 11 is 5.94. The number of urea groups is 1. The number of anilines is 1. The van der Waals surface area contributed by atoms with Gasteiger partial charge in [0.2, 0.25) is 0 Å². The maximum Gasteiger partial charge on any atom is 0.335 e. The second-order valence-electron chi connectivity index (χ2n) is 4.22. The highest BCUT2D eigenvalue weighted by molar-refractivity contribution is 6.33. The topological polar surface area (TPSA) is 111 Å². The molecule has 0 unspecified atom stereocenters. The molecule has 0 radical (unpaired) electrons. The van der Waals surface area contributed by atoms with Crippen LogP contribution in [0.4, 0.5) is 10.5 Å². The summed E-state index contributed by atoms with van der Waals surface area (Å²) in [6, 6.07) is 3.62. The smallest absolute Gasteiger partial charge is 0.335 e. The average Bonchev–Trinajstić information content (AvgIpc) is 2.93. The molecule has 21 heavy (non-hydrogen) atoms. The predicted octanol–water partition coefficient (Wildman–Crippen LogP) is 1.82. The van der Waals surface area contributed by atoms with Crippen molar-refractivity contribution in [2.24, 2.45) is 0 Å². The highest BCUT2D eigenvalue weighted by atomic mass is 35.5. The molecule has 0 fully saturated rings. The van der Waals surface area contributed by atoms with Gasteiger partial charge in [-0.2, -0.15) is 5.10 Å². The molecule has 0 aliphatic heterocycles. The van der Waals surface area contributed by atoms with E-state index in [1.807, 2.05) is 0 Å². The fraction of sp³-hybridized carbons (Fsp3) is 0.167. The largest absolute Gasteiger partial charge is 0.478 e. The minimum atomic E-state index is -1.10. The van der Waals surface area contributed by atoms with Crippen molar-refractivity contribution in [2.75, 3.05) is 12.4 Å². The molecule has 2 rings (SSSR count). The summed E-state index contributed by atoms with van der Waals surface area (Å²) in [5.74, 6) is -0.574. The first-order valence-electron chi connectivity index (χ1n) is 5.86. The third-order valence-corrected chi connectivity index (χ3v) is 2.98. The van der Waals surface area contributed by atoms with Gasteiger partial charge < -0.3 is 15.3 Å². The number of nitrogens with one attached hydrogen (secondary N) is 2. The summed E-state index contributed by atoms with van der Waals surface area (Å²) in [7, 11) is 1.56. The minimum Gasteiger partial charge on any atom is -0.478 e. The number of aromatic carboxylic acids is 1. The van der Waals surface area contributed by atoms with Crippen LogP contribution in [0.5, 0.6) is 0 Å². The van der Waals surface area contributed by atoms with Gasteiger partial charge in [0.15, 0.2) is 0 Å². The van der Waals surface area contributed by atoms with E-state index in [0.29, 0.717) is 5.82 Å². The molecule has 0 aliphatic rings. The second-order valence-corrected chi connectivity index (χ2v) is 4.63. The second kappa shape index (κ2) is 6.23. The van der Waals surface area contributed by atoms with E-state index in [0.717, 1.165) is 0 Å². The van der Waals surface area contributed by atoms with E-state index in [1.165, 1.54) is 29.4 Å². The number of benzene rings is 1. The van der Waals surface area contributed by atoms with Crippen molar-refractivity contribution in [1.29, 1.82) is 0 Å². The molecule has 0 saturated heterocycles. The summed E-state index contributed by atoms with van der Waals surface area (Å²) in [4.78, 5) is 28.2. The lowest BCUT2D eigenvalue weighted by Crippen LogP contribution is -2.31. The van der Waals surface area contributed by atoms with Crippen molar-refractivity contribution < 1.29 is 14.7 Å². The number of carboxylic acids is 1. The lowest BCUT2D eigenvalue weighted by molar-refractivity contribution is 0.0697. The van der Waals surface area contributed by atoms with Gasteiger partial charge in [-0.05, 0) is 18.2 Å². The van der Waals surface area contributed by atoms with Gasteiger partial charge in [0, 0.05) is 7.05 Å². The Bertz CT molecular complexity index is 659. The molecule has 110 valence electrons. The van der Waals surface area contributed by atoms with Crippen LogP contribution in [0.25, 0.3) is 0 Å². The summed E-state index contributed by atoms with van der Waals surface area (Å²) in [6.45, 7) is 0.224. The summed E-state index contributed by atoms with van der Waals surface area (Å²) in [6.07, 6.45) is 1.34. The van der Waals surface area contributed by atoms with Crippen molar-refractivity contribution in [3.63, 3.8) is 0 Å². The predicted molar refractivity (Wildman–Crippen MR) is 75.3 cm³/mol. The average molecular weight is 310 g/mol. The lowest BCUT2D eigenvalue weighted by atomic mass is 10.2. The lowest BCUT2D eigenvalue weighted by Gasteiger charge is -2.17. The zero-order valence-corrected chi connectivity index (χ0v) is 11.8. The molecular weight excluding hydrogens is 298 g/mol. The molecule has 3 N–H and O–H groups in total. The summed E-state index contributed by atoms with van der Waals surface area (Å²) in [5, 5.41) is 18.0. The molecule has 1 heterocycles. The van der Waals surface area contributed by atoms with Gasteiger partial charge in [0.05, 0.1) is 22.8 Å². The number of amides is 2. The molecule has 0 aliphatic carbocycles. The van der Waals surface area contributed by atoms with Crippen LogP contribution in [0.1, 0.15) is 16.2 Å². The SMILES string of the molecule is CN(Cc1ncn[nH]1)C(=O)Nc1cc(C(=O)O)ccc1Cl. The number of nitrogens with zero attached hydrogens (tertiary/aromatic N) is 3. The van der Waals surface area contributed by atoms with E-state index < -0.39 is 12.0 Å². The molecule has 0 spiro atoms. The Morgan fingerprint density at radius 2 is 2.24 bits per heavy atom. The van der Waals surface area contributed by atoms with Crippen LogP contribution < -0.4 is 5.32 Å². The molecule has 2 aromatic rings. The van der Waals surface area contributed by atoms with Gasteiger partial charge >= 0.3 is 12.0 Å². The van der Waals surface area contributed by atoms with Crippen LogP contribution in [-0.4, -0.2) is 44.2 Å². The number of aromatic amines is 1. The third kappa shape index (κ3) is 3.69. The van der Waals surface area contributed by atoms with Crippen LogP contribution in [-0.2, 0) is 6.54 Å². The third-order valence-electron chi connectivity index (χ3n) is 2.65. The molecule has 8 nitrogen and oxygen atoms in total. The molecule has 0 atom stereocenters. The van der Waals surface area contributed by atoms with Crippen LogP contribution in [0.2, 0.25) is 5.02 Å². The number of carbonyl (C=O) groups excluding carboxylic acids is 1. The number of H-pyrrole nitrogens is 1. The van der Waals surface area contributed by atoms with E-state index in [4.69, 9.17) is 16.7 Å². The Morgan fingerprint density at radius 1 is 1.48 bits per heavy atom. The molecule has 2 amide bonds. The normalized spacial score (nSPS) is 10.2. The number of hydrogen-bond donors (Lipinski definition) is 3. The molecule has 1 aromatic carbocycles. The van der Waals surface area contributed by atoms with Crippen molar-refractivity contribution in [3.8, 4) is 0 Å². The van der Waals surface area contributed by atoms with Gasteiger partial charge in [-0.15, -0.1) is 0 Å². The van der Waals surface area contributed by atoms with Crippen LogP contribution in [0.3, 0.4) is 0 Å². The number of carbonyl (C=O) groups is 2. The van der Waals surface area contributed by atoms with E-state index >= 15 is 0 Å². The molecule has 9 heteroatoms. The fourth-order valence-corrected chi connectivity index (χ4v) is 1.73. The molecule has 1 aromatic heterocycles. The minimum absolute atomic E-state index is 0.0348. The fourth-order valence-electron chi connectivity index (χ4n) is 1.57. The van der Waals surface area contributed by atoms with Gasteiger partial charge in [0.25, 0.3) is 0 Å². The van der Waals surface area contributed by atoms with E-state index in [2.05, 4.69) is 20.5 Å². The molecule has 0 bridgehead atoms. The van der Waals surface area contributed by atoms with Crippen molar-refractivity contribution >= 4 is 29.3 Å². The number of aromatic nitrogens is 3. The Hall–Kier alpha value is -2.61. The quantitative estimate of drug-likeness (QED) is 0.797. The van der Waals surface area contributed by atoms with Crippen molar-refractivity contribution in [3.05, 3.63) is 40.9 Å². The van der Waals surface area contributed by atoms with Crippen LogP contribution in [0, 0.1) is 0 Å². The Labute approximate surface area is 124 Å². The van der Waals surface area contributed by atoms with Gasteiger partial charge in [-0.3, -0.25) is 5.10 Å². The number of rotatable bonds is 4. The van der Waals surface area contributed by atoms with Crippen LogP contribution >= 0.6 is 11.6 Å². The first-order chi connectivity index (χ1) is 9.97. The van der Waals surface area contributed by atoms with Gasteiger partial charge in [0.1, 0.15) is 12.2 Å². The number of hydrogen-bond acceptors (Lipinski definition) is 4. The van der Waals surface area contributed by atoms with E-state index in [1.54, 1.807) is 7.05 Å². The molecular formula is C12H12ClN5O3. The Kier molecular flexibility index (Phi) is 4.39. The Morgan fingerprint density at radius 3 is 2.86 bits per heavy atom. The maximum atomic E-state index is 12.0. The summed E-state index contributed by atoms with van der Waals surface area (Å²) < 4.78 is 0. The number of halogens is 1. The highest BCUT2D eigenvalue weighted by Gasteiger charge is 2.14. The zero-order chi connectivity index (χ0) is 15.4. The summed E-state index contributed by atoms with van der Waals surface area (Å²) in [5.41, 5.74) is 0.263. The first-order valence-corrected chi connectivity index (χ1v) is 6.24. The van der Waals surface area contributed by atoms with Crippen molar-refractivity contribution in [1.82, 2.24) is 20.1 Å². The van der Waals surface area contributed by atoms with E-state index in [-0.39, 0.29) is 22.8 Å². The maximum absolute atomic E-state index is 12.0. The monoisotopic (exact) mass is 309 g/mol. The number of carboxylic acid groups (broad SMARTS) is 1. The Balaban J connectivity index is 2.08.